The molecule has 2 amide bonds. The number of nitrogen functional groups attached to an aromatic ring is 4. The van der Waals surface area contributed by atoms with Crippen LogP contribution in [0.2, 0.25) is 10.3 Å². The van der Waals surface area contributed by atoms with E-state index in [2.05, 4.69) is 35.2 Å². The Balaban J connectivity index is 1.53. The lowest BCUT2D eigenvalue weighted by molar-refractivity contribution is 0.0969. The molecule has 0 atom stereocenters. The fraction of sp³-hybridized carbons (Fsp3) is 0.333. The molecule has 0 saturated carbocycles. The van der Waals surface area contributed by atoms with Crippen LogP contribution in [0, 0.1) is 5.92 Å². The summed E-state index contributed by atoms with van der Waals surface area (Å²) in [6.07, 6.45) is 1.35. The monoisotopic (exact) mass is 538 g/mol. The van der Waals surface area contributed by atoms with E-state index in [-0.39, 0.29) is 62.8 Å². The smallest absolute Gasteiger partial charge is 0.302 e. The van der Waals surface area contributed by atoms with Crippen molar-refractivity contribution in [2.24, 2.45) is 27.4 Å². The van der Waals surface area contributed by atoms with Crippen molar-refractivity contribution in [1.82, 2.24) is 30.2 Å². The van der Waals surface area contributed by atoms with Crippen LogP contribution in [-0.2, 0) is 0 Å². The molecular formula is C18H24Cl2N14O2. The van der Waals surface area contributed by atoms with Gasteiger partial charge >= 0.3 is 5.91 Å². The molecule has 192 valence electrons. The van der Waals surface area contributed by atoms with Crippen LogP contribution in [0.25, 0.3) is 0 Å². The van der Waals surface area contributed by atoms with Gasteiger partial charge in [-0.25, -0.2) is 19.9 Å². The standard InChI is InChI=1S/C18H24Cl2N14O2/c19-9-13(23)30-11(21)7(28-9)15(35)32-17(25)27-5-6-1-3-34(4-2-6)18(26)33-16(36)8-12(22)31-14(24)10(20)29-8/h6H,1-5H2,(H4,21,23,30)(H4,22,24,31)(H2,26,33,36)(H3,25,27,32,35). The molecule has 16 nitrogen and oxygen atoms in total. The van der Waals surface area contributed by atoms with Crippen molar-refractivity contribution in [3.63, 3.8) is 0 Å². The van der Waals surface area contributed by atoms with E-state index in [0.717, 1.165) is 0 Å². The fourth-order valence-electron chi connectivity index (χ4n) is 3.22. The number of guanidine groups is 2. The topological polar surface area (TPSA) is 282 Å². The molecule has 0 aromatic carbocycles. The molecule has 36 heavy (non-hydrogen) atoms. The van der Waals surface area contributed by atoms with Gasteiger partial charge in [-0.15, -0.1) is 0 Å². The lowest BCUT2D eigenvalue weighted by Gasteiger charge is -2.31. The van der Waals surface area contributed by atoms with Crippen LogP contribution >= 0.6 is 23.2 Å². The number of aromatic nitrogens is 4. The summed E-state index contributed by atoms with van der Waals surface area (Å²) in [6.45, 7) is 1.36. The molecule has 2 aromatic rings. The molecule has 0 bridgehead atoms. The first-order valence-corrected chi connectivity index (χ1v) is 11.1. The first-order valence-electron chi connectivity index (χ1n) is 10.4. The van der Waals surface area contributed by atoms with Crippen molar-refractivity contribution in [2.45, 2.75) is 12.8 Å². The molecule has 1 saturated heterocycles. The van der Waals surface area contributed by atoms with Gasteiger partial charge in [-0.3, -0.25) is 19.9 Å². The van der Waals surface area contributed by atoms with Gasteiger partial charge in [0.25, 0.3) is 5.91 Å². The minimum Gasteiger partial charge on any atom is -0.382 e. The molecule has 13 N–H and O–H groups in total. The predicted molar refractivity (Wildman–Crippen MR) is 136 cm³/mol. The number of piperidine rings is 1. The van der Waals surface area contributed by atoms with Gasteiger partial charge in [0.2, 0.25) is 0 Å². The number of nitrogens with zero attached hydrogens (tertiary/aromatic N) is 7. The Morgan fingerprint density at radius 3 is 2.00 bits per heavy atom. The number of likely N-dealkylation sites (tertiary alicyclic amines) is 1. The molecule has 0 aliphatic carbocycles. The molecule has 1 aliphatic rings. The number of anilines is 4. The Kier molecular flexibility index (Phi) is 8.11. The summed E-state index contributed by atoms with van der Waals surface area (Å²) in [5.41, 5.74) is 33.7. The Hall–Kier alpha value is -4.18. The molecule has 1 fully saturated rings. The molecule has 2 aromatic heterocycles. The summed E-state index contributed by atoms with van der Waals surface area (Å²) in [5, 5.41) is 2.06. The van der Waals surface area contributed by atoms with Crippen LogP contribution in [0.5, 0.6) is 0 Å². The number of nitrogens with two attached hydrogens (primary N) is 6. The van der Waals surface area contributed by atoms with Gasteiger partial charge in [-0.2, -0.15) is 4.99 Å². The van der Waals surface area contributed by atoms with Crippen LogP contribution in [-0.4, -0.2) is 68.2 Å². The van der Waals surface area contributed by atoms with Crippen molar-refractivity contribution in [3.8, 4) is 0 Å². The number of rotatable bonds is 4. The summed E-state index contributed by atoms with van der Waals surface area (Å²) in [6, 6.07) is 0. The molecule has 3 rings (SSSR count). The average Bonchev–Trinajstić information content (AvgIpc) is 2.82. The van der Waals surface area contributed by atoms with Gasteiger partial charge in [0.05, 0.1) is 0 Å². The quantitative estimate of drug-likeness (QED) is 0.178. The third kappa shape index (κ3) is 6.28. The maximum Gasteiger partial charge on any atom is 0.302 e. The summed E-state index contributed by atoms with van der Waals surface area (Å²) < 4.78 is 0. The highest BCUT2D eigenvalue weighted by Crippen LogP contribution is 2.20. The minimum atomic E-state index is -0.789. The third-order valence-corrected chi connectivity index (χ3v) is 5.70. The Morgan fingerprint density at radius 2 is 1.42 bits per heavy atom. The number of carbonyl (C=O) groups excluding carboxylic acids is 2. The van der Waals surface area contributed by atoms with E-state index in [1.165, 1.54) is 0 Å². The number of hydrogen-bond donors (Lipinski definition) is 7. The first kappa shape index (κ1) is 26.4. The Labute approximate surface area is 214 Å². The molecule has 0 spiro atoms. The summed E-state index contributed by atoms with van der Waals surface area (Å²) >= 11 is 11.6. The van der Waals surface area contributed by atoms with Gasteiger partial charge in [0, 0.05) is 19.6 Å². The highest BCUT2D eigenvalue weighted by molar-refractivity contribution is 6.32. The van der Waals surface area contributed by atoms with E-state index in [9.17, 15) is 9.59 Å². The first-order chi connectivity index (χ1) is 17.0. The lowest BCUT2D eigenvalue weighted by atomic mass is 9.97. The van der Waals surface area contributed by atoms with E-state index in [4.69, 9.17) is 57.6 Å². The highest BCUT2D eigenvalue weighted by Gasteiger charge is 2.23. The van der Waals surface area contributed by atoms with Crippen LogP contribution in [0.1, 0.15) is 33.8 Å². The van der Waals surface area contributed by atoms with Gasteiger partial charge in [-0.1, -0.05) is 23.2 Å². The number of hydrogen-bond acceptors (Lipinski definition) is 11. The van der Waals surface area contributed by atoms with E-state index in [0.29, 0.717) is 32.5 Å². The maximum absolute atomic E-state index is 12.4. The van der Waals surface area contributed by atoms with Gasteiger partial charge in [0.1, 0.15) is 0 Å². The Morgan fingerprint density at radius 1 is 0.889 bits per heavy atom. The van der Waals surface area contributed by atoms with E-state index >= 15 is 0 Å². The second-order valence-electron chi connectivity index (χ2n) is 7.65. The second-order valence-corrected chi connectivity index (χ2v) is 8.37. The SMILES string of the molecule is NC(=NCC1CCN(C(N)=NC(=O)c2nc(Cl)c(N)nc2N)CC1)NC(=O)c1nc(Cl)c(N)nc1N. The number of halogens is 2. The molecule has 18 heteroatoms. The van der Waals surface area contributed by atoms with Gasteiger partial charge in [-0.05, 0) is 18.8 Å². The number of nitrogens with one attached hydrogen (secondary N) is 1. The number of aliphatic imine (C=N–C) groups is 2. The van der Waals surface area contributed by atoms with Gasteiger partial charge < -0.3 is 39.3 Å². The fourth-order valence-corrected chi connectivity index (χ4v) is 3.48. The number of amides is 2. The van der Waals surface area contributed by atoms with Crippen molar-refractivity contribution in [3.05, 3.63) is 21.7 Å². The van der Waals surface area contributed by atoms with Crippen molar-refractivity contribution in [1.29, 1.82) is 0 Å². The zero-order valence-corrected chi connectivity index (χ0v) is 20.3. The van der Waals surface area contributed by atoms with Crippen LogP contribution < -0.4 is 39.7 Å². The van der Waals surface area contributed by atoms with E-state index < -0.39 is 11.8 Å². The van der Waals surface area contributed by atoms with Gasteiger partial charge in [0.15, 0.2) is 56.9 Å². The third-order valence-electron chi connectivity index (χ3n) is 5.14. The zero-order valence-electron chi connectivity index (χ0n) is 18.8. The second kappa shape index (κ2) is 11.0. The maximum atomic E-state index is 12.4. The van der Waals surface area contributed by atoms with E-state index in [1.54, 1.807) is 4.90 Å². The minimum absolute atomic E-state index is 0.00346. The molecule has 1 aliphatic heterocycles. The lowest BCUT2D eigenvalue weighted by Crippen LogP contribution is -2.44. The molecule has 3 heterocycles. The van der Waals surface area contributed by atoms with Crippen LogP contribution in [0.4, 0.5) is 23.3 Å². The Bertz CT molecular complexity index is 1240. The summed E-state index contributed by atoms with van der Waals surface area (Å²) in [7, 11) is 0. The predicted octanol–water partition coefficient (Wildman–Crippen LogP) is -1.19. The highest BCUT2D eigenvalue weighted by atomic mass is 35.5. The van der Waals surface area contributed by atoms with Crippen LogP contribution in [0.15, 0.2) is 9.98 Å². The zero-order chi connectivity index (χ0) is 26.6. The summed E-state index contributed by atoms with van der Waals surface area (Å²) in [5.74, 6) is -2.07. The largest absolute Gasteiger partial charge is 0.382 e. The molecular weight excluding hydrogens is 515 g/mol. The average molecular weight is 539 g/mol. The normalized spacial score (nSPS) is 15.1. The van der Waals surface area contributed by atoms with Crippen molar-refractivity contribution in [2.75, 3.05) is 42.6 Å². The van der Waals surface area contributed by atoms with Crippen molar-refractivity contribution < 1.29 is 9.59 Å². The number of carbonyl (C=O) groups is 2. The van der Waals surface area contributed by atoms with Crippen molar-refractivity contribution >= 4 is 70.2 Å². The summed E-state index contributed by atoms with van der Waals surface area (Å²) in [4.78, 5) is 49.6. The van der Waals surface area contributed by atoms with E-state index in [1.807, 2.05) is 0 Å². The molecule has 0 unspecified atom stereocenters. The molecule has 0 radical (unpaired) electrons. The van der Waals surface area contributed by atoms with Crippen LogP contribution in [0.3, 0.4) is 0 Å².